The van der Waals surface area contributed by atoms with Crippen LogP contribution in [0, 0.1) is 18.3 Å². The van der Waals surface area contributed by atoms with Gasteiger partial charge in [0.15, 0.2) is 0 Å². The van der Waals surface area contributed by atoms with Crippen LogP contribution >= 0.6 is 0 Å². The largest absolute Gasteiger partial charge is 0.384 e. The van der Waals surface area contributed by atoms with Crippen LogP contribution in [-0.4, -0.2) is 59.8 Å². The number of aromatic nitrogens is 2. The highest BCUT2D eigenvalue weighted by Crippen LogP contribution is 2.45. The maximum Gasteiger partial charge on any atom is 0.133 e. The van der Waals surface area contributed by atoms with E-state index in [0.29, 0.717) is 11.3 Å². The lowest BCUT2D eigenvalue weighted by atomic mass is 9.71. The van der Waals surface area contributed by atoms with Gasteiger partial charge < -0.3 is 9.26 Å². The highest BCUT2D eigenvalue weighted by atomic mass is 16.5. The lowest BCUT2D eigenvalue weighted by Gasteiger charge is -2.42. The van der Waals surface area contributed by atoms with Gasteiger partial charge in [0.2, 0.25) is 0 Å². The molecule has 1 unspecified atom stereocenters. The normalized spacial score (nSPS) is 23.3. The number of methoxy groups -OCH3 is 1. The van der Waals surface area contributed by atoms with Crippen molar-refractivity contribution >= 4 is 0 Å². The Hall–Kier alpha value is -1.76. The van der Waals surface area contributed by atoms with Gasteiger partial charge in [0.1, 0.15) is 5.76 Å². The van der Waals surface area contributed by atoms with Crippen LogP contribution in [0.1, 0.15) is 30.0 Å². The minimum absolute atomic E-state index is 0.362. The molecule has 0 N–H and O–H groups in total. The number of nitrogens with zero attached hydrogens (tertiary/aromatic N) is 4. The summed E-state index contributed by atoms with van der Waals surface area (Å²) in [4.78, 5) is 9.59. The first-order valence-corrected chi connectivity index (χ1v) is 9.93. The summed E-state index contributed by atoms with van der Waals surface area (Å²) in [5, 5.41) is 4.15. The monoisotopic (exact) mass is 370 g/mol. The van der Waals surface area contributed by atoms with Crippen LogP contribution < -0.4 is 0 Å². The van der Waals surface area contributed by atoms with E-state index in [1.807, 2.05) is 32.4 Å². The molecule has 2 saturated heterocycles. The van der Waals surface area contributed by atoms with Crippen LogP contribution in [0.5, 0.6) is 0 Å². The summed E-state index contributed by atoms with van der Waals surface area (Å²) >= 11 is 0. The Morgan fingerprint density at radius 1 is 1.19 bits per heavy atom. The minimum Gasteiger partial charge on any atom is -0.384 e. The zero-order chi connectivity index (χ0) is 18.7. The summed E-state index contributed by atoms with van der Waals surface area (Å²) in [6.07, 6.45) is 4.32. The van der Waals surface area contributed by atoms with E-state index in [1.165, 1.54) is 12.8 Å². The third-order valence-corrected chi connectivity index (χ3v) is 6.28. The van der Waals surface area contributed by atoms with Crippen LogP contribution in [0.3, 0.4) is 0 Å². The van der Waals surface area contributed by atoms with Gasteiger partial charge in [-0.05, 0) is 50.4 Å². The highest BCUT2D eigenvalue weighted by Gasteiger charge is 2.47. The third-order valence-electron chi connectivity index (χ3n) is 6.28. The summed E-state index contributed by atoms with van der Waals surface area (Å²) in [5.74, 6) is 1.49. The molecule has 2 aromatic rings. The maximum atomic E-state index is 5.60. The molecule has 2 aromatic heterocycles. The van der Waals surface area contributed by atoms with Crippen molar-refractivity contribution < 1.29 is 9.26 Å². The second-order valence-corrected chi connectivity index (χ2v) is 8.21. The summed E-state index contributed by atoms with van der Waals surface area (Å²) in [6.45, 7) is 9.10. The van der Waals surface area contributed by atoms with E-state index < -0.39 is 0 Å². The zero-order valence-corrected chi connectivity index (χ0v) is 16.4. The molecule has 27 heavy (non-hydrogen) atoms. The van der Waals surface area contributed by atoms with E-state index in [2.05, 4.69) is 32.1 Å². The Kier molecular flexibility index (Phi) is 5.57. The summed E-state index contributed by atoms with van der Waals surface area (Å²) in [5.41, 5.74) is 2.56. The SMILES string of the molecule is COCC1CN(Cc2ccccn2)CC12CCN(Cc1cc(C)on1)CC2. The quantitative estimate of drug-likeness (QED) is 0.779. The maximum absolute atomic E-state index is 5.60. The van der Waals surface area contributed by atoms with Crippen LogP contribution in [0.15, 0.2) is 35.0 Å². The van der Waals surface area contributed by atoms with Gasteiger partial charge in [-0.2, -0.15) is 0 Å². The van der Waals surface area contributed by atoms with E-state index in [4.69, 9.17) is 9.26 Å². The smallest absolute Gasteiger partial charge is 0.133 e. The first kappa shape index (κ1) is 18.6. The van der Waals surface area contributed by atoms with Crippen molar-refractivity contribution in [2.24, 2.45) is 11.3 Å². The predicted octanol–water partition coefficient (Wildman–Crippen LogP) is 2.74. The number of piperidine rings is 1. The van der Waals surface area contributed by atoms with E-state index in [-0.39, 0.29) is 0 Å². The molecule has 0 aliphatic carbocycles. The van der Waals surface area contributed by atoms with E-state index in [0.717, 1.165) is 63.0 Å². The van der Waals surface area contributed by atoms with Crippen molar-refractivity contribution in [1.82, 2.24) is 19.9 Å². The molecule has 0 radical (unpaired) electrons. The number of likely N-dealkylation sites (tertiary alicyclic amines) is 2. The molecule has 2 fully saturated rings. The van der Waals surface area contributed by atoms with Crippen molar-refractivity contribution in [3.05, 3.63) is 47.6 Å². The second-order valence-electron chi connectivity index (χ2n) is 8.21. The molecule has 0 aromatic carbocycles. The molecule has 0 bridgehead atoms. The second kappa shape index (κ2) is 8.09. The molecule has 6 nitrogen and oxygen atoms in total. The molecule has 1 atom stereocenters. The topological polar surface area (TPSA) is 54.6 Å². The molecular weight excluding hydrogens is 340 g/mol. The molecule has 2 aliphatic rings. The molecule has 0 saturated carbocycles. The van der Waals surface area contributed by atoms with Gasteiger partial charge in [0.25, 0.3) is 0 Å². The molecule has 2 aliphatic heterocycles. The molecule has 4 heterocycles. The van der Waals surface area contributed by atoms with E-state index in [1.54, 1.807) is 0 Å². The fraction of sp³-hybridized carbons (Fsp3) is 0.619. The number of hydrogen-bond acceptors (Lipinski definition) is 6. The number of pyridine rings is 1. The fourth-order valence-corrected chi connectivity index (χ4v) is 4.86. The van der Waals surface area contributed by atoms with Crippen molar-refractivity contribution in [2.45, 2.75) is 32.9 Å². The van der Waals surface area contributed by atoms with Gasteiger partial charge in [-0.25, -0.2) is 0 Å². The van der Waals surface area contributed by atoms with Gasteiger partial charge in [-0.15, -0.1) is 0 Å². The standard InChI is InChI=1S/C21H30N4O2/c1-17-11-20(23-27-17)14-24-9-6-21(7-10-24)16-25(12-18(21)15-26-2)13-19-5-3-4-8-22-19/h3-5,8,11,18H,6-7,9-10,12-16H2,1-2H3. The van der Waals surface area contributed by atoms with Crippen LogP contribution in [0.2, 0.25) is 0 Å². The average molecular weight is 370 g/mol. The van der Waals surface area contributed by atoms with Crippen LogP contribution in [0.4, 0.5) is 0 Å². The average Bonchev–Trinajstić information content (AvgIpc) is 3.22. The fourth-order valence-electron chi connectivity index (χ4n) is 4.86. The Morgan fingerprint density at radius 3 is 2.67 bits per heavy atom. The van der Waals surface area contributed by atoms with E-state index >= 15 is 0 Å². The first-order valence-electron chi connectivity index (χ1n) is 9.93. The van der Waals surface area contributed by atoms with E-state index in [9.17, 15) is 0 Å². The molecule has 146 valence electrons. The number of rotatable bonds is 6. The van der Waals surface area contributed by atoms with Crippen molar-refractivity contribution in [1.29, 1.82) is 0 Å². The van der Waals surface area contributed by atoms with Gasteiger partial charge in [0, 0.05) is 51.5 Å². The minimum atomic E-state index is 0.362. The Balaban J connectivity index is 1.38. The van der Waals surface area contributed by atoms with Crippen molar-refractivity contribution in [2.75, 3.05) is 39.9 Å². The molecule has 6 heteroatoms. The Bertz CT molecular complexity index is 725. The molecule has 1 spiro atoms. The van der Waals surface area contributed by atoms with Crippen LogP contribution in [-0.2, 0) is 17.8 Å². The van der Waals surface area contributed by atoms with Gasteiger partial charge >= 0.3 is 0 Å². The molecule has 0 amide bonds. The number of hydrogen-bond donors (Lipinski definition) is 0. The van der Waals surface area contributed by atoms with Crippen molar-refractivity contribution in [3.8, 4) is 0 Å². The number of ether oxygens (including phenoxy) is 1. The van der Waals surface area contributed by atoms with Crippen LogP contribution in [0.25, 0.3) is 0 Å². The predicted molar refractivity (Wildman–Crippen MR) is 103 cm³/mol. The number of aryl methyl sites for hydroxylation is 1. The summed E-state index contributed by atoms with van der Waals surface area (Å²) < 4.78 is 10.8. The Morgan fingerprint density at radius 2 is 2.00 bits per heavy atom. The highest BCUT2D eigenvalue weighted by molar-refractivity contribution is 5.07. The lowest BCUT2D eigenvalue weighted by molar-refractivity contribution is 0.0344. The van der Waals surface area contributed by atoms with Gasteiger partial charge in [0.05, 0.1) is 18.0 Å². The van der Waals surface area contributed by atoms with Gasteiger partial charge in [-0.3, -0.25) is 14.8 Å². The molecule has 4 rings (SSSR count). The third kappa shape index (κ3) is 4.23. The first-order chi connectivity index (χ1) is 13.2. The van der Waals surface area contributed by atoms with Gasteiger partial charge in [-0.1, -0.05) is 11.2 Å². The Labute approximate surface area is 161 Å². The summed E-state index contributed by atoms with van der Waals surface area (Å²) in [6, 6.07) is 8.22. The summed E-state index contributed by atoms with van der Waals surface area (Å²) in [7, 11) is 1.83. The zero-order valence-electron chi connectivity index (χ0n) is 16.4. The lowest BCUT2D eigenvalue weighted by Crippen LogP contribution is -2.44. The molecular formula is C21H30N4O2. The van der Waals surface area contributed by atoms with Crippen molar-refractivity contribution in [3.63, 3.8) is 0 Å².